The lowest BCUT2D eigenvalue weighted by atomic mass is 9.81. The third-order valence-corrected chi connectivity index (χ3v) is 14.7. The van der Waals surface area contributed by atoms with Gasteiger partial charge in [0.25, 0.3) is 0 Å². The topological polar surface area (TPSA) is 3.24 Å². The van der Waals surface area contributed by atoms with E-state index in [0.717, 1.165) is 17.1 Å². The van der Waals surface area contributed by atoms with Crippen LogP contribution in [0.1, 0.15) is 25.0 Å². The molecule has 11 aromatic rings. The molecule has 308 valence electrons. The molecule has 1 heterocycles. The first kappa shape index (κ1) is 38.9. The number of rotatable bonds is 8. The van der Waals surface area contributed by atoms with Gasteiger partial charge in [-0.25, -0.2) is 0 Å². The maximum atomic E-state index is 2.43. The fourth-order valence-corrected chi connectivity index (χ4v) is 11.1. The highest BCUT2D eigenvalue weighted by Crippen LogP contribution is 2.52. The van der Waals surface area contributed by atoms with Crippen LogP contribution < -0.4 is 4.90 Å². The van der Waals surface area contributed by atoms with Gasteiger partial charge in [-0.05, 0) is 139 Å². The third-order valence-electron chi connectivity index (χ3n) is 13.5. The van der Waals surface area contributed by atoms with Crippen molar-refractivity contribution in [2.45, 2.75) is 19.3 Å². The largest absolute Gasteiger partial charge is 0.310 e. The summed E-state index contributed by atoms with van der Waals surface area (Å²) in [6.45, 7) is 4.75. The van der Waals surface area contributed by atoms with Crippen molar-refractivity contribution in [1.82, 2.24) is 0 Å². The Kier molecular flexibility index (Phi) is 9.44. The minimum Gasteiger partial charge on any atom is -0.310 e. The molecule has 0 N–H and O–H groups in total. The van der Waals surface area contributed by atoms with Gasteiger partial charge in [0.15, 0.2) is 0 Å². The minimum atomic E-state index is -0.174. The summed E-state index contributed by atoms with van der Waals surface area (Å²) in [5.41, 5.74) is 20.7. The van der Waals surface area contributed by atoms with Gasteiger partial charge in [-0.1, -0.05) is 190 Å². The zero-order valence-electron chi connectivity index (χ0n) is 36.4. The average Bonchev–Trinajstić information content (AvgIpc) is 3.85. The molecule has 0 saturated heterocycles. The predicted molar refractivity (Wildman–Crippen MR) is 279 cm³/mol. The number of nitrogens with zero attached hydrogens (tertiary/aromatic N) is 1. The van der Waals surface area contributed by atoms with Gasteiger partial charge in [0.1, 0.15) is 0 Å². The Balaban J connectivity index is 0.885. The fourth-order valence-electron chi connectivity index (χ4n) is 9.97. The molecule has 65 heavy (non-hydrogen) atoms. The SMILES string of the molecule is CC1(C)c2cc(-c3ccccc3)ccc2-c2ccc(N(c3ccc(-c4ccc(-c5ccccc5)cc4)cc3)c3ccc(-c4ccc(-c5ccc6sc7ccccc7c6c5)cc4)cc3)cc21. The monoisotopic (exact) mass is 847 g/mol. The lowest BCUT2D eigenvalue weighted by Crippen LogP contribution is -2.16. The molecule has 12 rings (SSSR count). The first-order chi connectivity index (χ1) is 31.9. The van der Waals surface area contributed by atoms with Gasteiger partial charge in [-0.15, -0.1) is 11.3 Å². The van der Waals surface area contributed by atoms with Crippen LogP contribution in [0.3, 0.4) is 0 Å². The summed E-state index contributed by atoms with van der Waals surface area (Å²) in [7, 11) is 0. The minimum absolute atomic E-state index is 0.174. The number of benzene rings is 10. The van der Waals surface area contributed by atoms with Crippen molar-refractivity contribution < 1.29 is 0 Å². The van der Waals surface area contributed by atoms with Crippen LogP contribution in [0.2, 0.25) is 0 Å². The second-order valence-corrected chi connectivity index (χ2v) is 18.8. The van der Waals surface area contributed by atoms with Gasteiger partial charge in [0, 0.05) is 42.6 Å². The van der Waals surface area contributed by atoms with E-state index in [0.29, 0.717) is 0 Å². The Labute approximate surface area is 385 Å². The molecule has 0 atom stereocenters. The number of hydrogen-bond donors (Lipinski definition) is 0. The van der Waals surface area contributed by atoms with Gasteiger partial charge in [0.2, 0.25) is 0 Å². The van der Waals surface area contributed by atoms with Crippen LogP contribution in [0, 0.1) is 0 Å². The Morgan fingerprint density at radius 2 is 0.662 bits per heavy atom. The maximum absolute atomic E-state index is 2.43. The first-order valence-corrected chi connectivity index (χ1v) is 23.3. The molecular weight excluding hydrogens is 803 g/mol. The molecule has 1 aliphatic rings. The summed E-state index contributed by atoms with van der Waals surface area (Å²) < 4.78 is 2.67. The van der Waals surface area contributed by atoms with Crippen molar-refractivity contribution in [3.05, 3.63) is 248 Å². The van der Waals surface area contributed by atoms with Crippen molar-refractivity contribution in [1.29, 1.82) is 0 Å². The van der Waals surface area contributed by atoms with E-state index in [1.54, 1.807) is 0 Å². The molecular formula is C63H45NS. The molecule has 10 aromatic carbocycles. The molecule has 0 bridgehead atoms. The van der Waals surface area contributed by atoms with E-state index in [4.69, 9.17) is 0 Å². The number of anilines is 3. The van der Waals surface area contributed by atoms with Crippen LogP contribution in [-0.4, -0.2) is 0 Å². The summed E-state index contributed by atoms with van der Waals surface area (Å²) in [6.07, 6.45) is 0. The van der Waals surface area contributed by atoms with Gasteiger partial charge in [-0.3, -0.25) is 0 Å². The van der Waals surface area contributed by atoms with Crippen molar-refractivity contribution >= 4 is 48.6 Å². The summed E-state index contributed by atoms with van der Waals surface area (Å²) in [6, 6.07) is 87.0. The Hall–Kier alpha value is -7.78. The summed E-state index contributed by atoms with van der Waals surface area (Å²) in [4.78, 5) is 2.41. The van der Waals surface area contributed by atoms with Crippen molar-refractivity contribution in [2.24, 2.45) is 0 Å². The maximum Gasteiger partial charge on any atom is 0.0465 e. The average molecular weight is 848 g/mol. The van der Waals surface area contributed by atoms with Gasteiger partial charge in [-0.2, -0.15) is 0 Å². The second-order valence-electron chi connectivity index (χ2n) is 17.7. The van der Waals surface area contributed by atoms with Crippen LogP contribution in [0.5, 0.6) is 0 Å². The highest BCUT2D eigenvalue weighted by atomic mass is 32.1. The summed E-state index contributed by atoms with van der Waals surface area (Å²) >= 11 is 1.86. The molecule has 0 radical (unpaired) electrons. The van der Waals surface area contributed by atoms with Gasteiger partial charge in [0.05, 0.1) is 0 Å². The number of thiophene rings is 1. The molecule has 0 fully saturated rings. The van der Waals surface area contributed by atoms with Crippen molar-refractivity contribution in [3.63, 3.8) is 0 Å². The molecule has 2 heteroatoms. The van der Waals surface area contributed by atoms with Crippen LogP contribution in [0.4, 0.5) is 17.1 Å². The zero-order chi connectivity index (χ0) is 43.5. The van der Waals surface area contributed by atoms with Crippen molar-refractivity contribution in [3.8, 4) is 66.8 Å². The zero-order valence-corrected chi connectivity index (χ0v) is 37.2. The number of fused-ring (bicyclic) bond motifs is 6. The Morgan fingerprint density at radius 1 is 0.292 bits per heavy atom. The quantitative estimate of drug-likeness (QED) is 0.147. The number of hydrogen-bond acceptors (Lipinski definition) is 2. The summed E-state index contributed by atoms with van der Waals surface area (Å²) in [5.74, 6) is 0. The predicted octanol–water partition coefficient (Wildman–Crippen LogP) is 18.2. The third kappa shape index (κ3) is 6.95. The van der Waals surface area contributed by atoms with Crippen LogP contribution in [-0.2, 0) is 5.41 Å². The lowest BCUT2D eigenvalue weighted by Gasteiger charge is -2.28. The van der Waals surface area contributed by atoms with E-state index < -0.39 is 0 Å². The van der Waals surface area contributed by atoms with E-state index in [9.17, 15) is 0 Å². The highest BCUT2D eigenvalue weighted by Gasteiger charge is 2.36. The molecule has 0 saturated carbocycles. The standard InChI is InChI=1S/C63H45NS/c1-63(2)59-40-51(43-13-7-4-8-14-43)29-36-55(59)56-37-35-54(41-60(56)63)64(52-31-25-47(26-32-52)45-19-17-44(18-20-45)42-11-5-3-6-12-42)53-33-27-48(28-34-53)46-21-23-49(24-22-46)50-30-38-62-58(39-50)57-15-9-10-16-61(57)65-62/h3-41H,1-2H3. The van der Waals surface area contributed by atoms with E-state index in [-0.39, 0.29) is 5.41 Å². The molecule has 0 spiro atoms. The highest BCUT2D eigenvalue weighted by molar-refractivity contribution is 7.25. The molecule has 1 aromatic heterocycles. The van der Waals surface area contributed by atoms with E-state index in [1.165, 1.54) is 98.1 Å². The fraction of sp³-hybridized carbons (Fsp3) is 0.0476. The van der Waals surface area contributed by atoms with Gasteiger partial charge >= 0.3 is 0 Å². The smallest absolute Gasteiger partial charge is 0.0465 e. The first-order valence-electron chi connectivity index (χ1n) is 22.5. The lowest BCUT2D eigenvalue weighted by molar-refractivity contribution is 0.660. The second kappa shape index (κ2) is 15.8. The van der Waals surface area contributed by atoms with E-state index in [1.807, 2.05) is 11.3 Å². The molecule has 0 unspecified atom stereocenters. The Bertz CT molecular complexity index is 3510. The summed E-state index contributed by atoms with van der Waals surface area (Å²) in [5, 5.41) is 2.66. The van der Waals surface area contributed by atoms with Crippen LogP contribution in [0.15, 0.2) is 237 Å². The molecule has 0 amide bonds. The van der Waals surface area contributed by atoms with E-state index >= 15 is 0 Å². The van der Waals surface area contributed by atoms with Gasteiger partial charge < -0.3 is 4.90 Å². The van der Waals surface area contributed by atoms with Crippen LogP contribution in [0.25, 0.3) is 86.9 Å². The Morgan fingerprint density at radius 3 is 1.23 bits per heavy atom. The molecule has 0 aliphatic heterocycles. The normalized spacial score (nSPS) is 12.6. The molecule has 1 nitrogen and oxygen atoms in total. The van der Waals surface area contributed by atoms with E-state index in [2.05, 4.69) is 255 Å². The molecule has 1 aliphatic carbocycles. The van der Waals surface area contributed by atoms with Crippen molar-refractivity contribution in [2.75, 3.05) is 4.90 Å². The van der Waals surface area contributed by atoms with Crippen LogP contribution >= 0.6 is 11.3 Å².